The van der Waals surface area contributed by atoms with Gasteiger partial charge in [-0.1, -0.05) is 6.92 Å². The zero-order chi connectivity index (χ0) is 14.9. The molecular weight excluding hydrogens is 236 g/mol. The monoisotopic (exact) mass is 267 g/mol. The van der Waals surface area contributed by atoms with Crippen molar-refractivity contribution in [3.05, 3.63) is 11.9 Å². The van der Waals surface area contributed by atoms with Crippen molar-refractivity contribution in [3.63, 3.8) is 0 Å². The van der Waals surface area contributed by atoms with Gasteiger partial charge in [-0.05, 0) is 33.9 Å². The number of amidine groups is 1. The molecular formula is C15H31N4+. The van der Waals surface area contributed by atoms with E-state index in [1.54, 1.807) is 0 Å². The maximum absolute atomic E-state index is 4.46. The summed E-state index contributed by atoms with van der Waals surface area (Å²) < 4.78 is 1.10. The van der Waals surface area contributed by atoms with Crippen LogP contribution in [0.5, 0.6) is 0 Å². The largest absolute Gasteiger partial charge is 0.358 e. The molecule has 0 bridgehead atoms. The fourth-order valence-electron chi connectivity index (χ4n) is 1.60. The predicted octanol–water partition coefficient (Wildman–Crippen LogP) is 2.78. The van der Waals surface area contributed by atoms with E-state index >= 15 is 0 Å². The third-order valence-electron chi connectivity index (χ3n) is 4.02. The molecule has 0 saturated carbocycles. The number of allylic oxidation sites excluding steroid dienone is 1. The first-order chi connectivity index (χ1) is 8.92. The molecule has 0 aromatic heterocycles. The summed E-state index contributed by atoms with van der Waals surface area (Å²) in [4.78, 5) is 10.6. The summed E-state index contributed by atoms with van der Waals surface area (Å²) >= 11 is 0. The summed E-state index contributed by atoms with van der Waals surface area (Å²) in [5.41, 5.74) is 0.926. The lowest BCUT2D eigenvalue weighted by atomic mass is 10.3. The van der Waals surface area contributed by atoms with Crippen molar-refractivity contribution in [1.29, 1.82) is 0 Å². The van der Waals surface area contributed by atoms with Gasteiger partial charge >= 0.3 is 0 Å². The molecule has 4 heteroatoms. The molecule has 19 heavy (non-hydrogen) atoms. The molecule has 0 unspecified atom stereocenters. The molecule has 4 nitrogen and oxygen atoms in total. The molecule has 0 aliphatic carbocycles. The molecule has 0 aromatic carbocycles. The van der Waals surface area contributed by atoms with Crippen LogP contribution in [0.1, 0.15) is 34.1 Å². The van der Waals surface area contributed by atoms with E-state index < -0.39 is 0 Å². The van der Waals surface area contributed by atoms with E-state index in [1.807, 2.05) is 13.1 Å². The van der Waals surface area contributed by atoms with Crippen LogP contribution in [-0.2, 0) is 0 Å². The molecule has 0 rings (SSSR count). The number of hydrogen-bond acceptors (Lipinski definition) is 2. The Labute approximate surface area is 119 Å². The van der Waals surface area contributed by atoms with Gasteiger partial charge in [0.2, 0.25) is 0 Å². The zero-order valence-electron chi connectivity index (χ0n) is 13.6. The van der Waals surface area contributed by atoms with Gasteiger partial charge in [0, 0.05) is 7.05 Å². The maximum atomic E-state index is 4.46. The van der Waals surface area contributed by atoms with Gasteiger partial charge < -0.3 is 9.38 Å². The average Bonchev–Trinajstić information content (AvgIpc) is 2.45. The maximum Gasteiger partial charge on any atom is 0.101 e. The highest BCUT2D eigenvalue weighted by Crippen LogP contribution is 2.04. The minimum absolute atomic E-state index is 0.866. The molecule has 0 aromatic rings. The van der Waals surface area contributed by atoms with Gasteiger partial charge in [0.1, 0.15) is 5.84 Å². The highest BCUT2D eigenvalue weighted by molar-refractivity contribution is 5.80. The van der Waals surface area contributed by atoms with Gasteiger partial charge in [-0.3, -0.25) is 4.99 Å². The van der Waals surface area contributed by atoms with Crippen LogP contribution >= 0.6 is 0 Å². The lowest BCUT2D eigenvalue weighted by Gasteiger charge is -2.34. The van der Waals surface area contributed by atoms with E-state index in [-0.39, 0.29) is 0 Å². The van der Waals surface area contributed by atoms with Crippen LogP contribution in [0.4, 0.5) is 0 Å². The van der Waals surface area contributed by atoms with Gasteiger partial charge in [0.15, 0.2) is 0 Å². The van der Waals surface area contributed by atoms with Crippen LogP contribution in [0.15, 0.2) is 21.9 Å². The van der Waals surface area contributed by atoms with E-state index in [4.69, 9.17) is 0 Å². The summed E-state index contributed by atoms with van der Waals surface area (Å²) in [6, 6.07) is 0. The van der Waals surface area contributed by atoms with Crippen molar-refractivity contribution < 1.29 is 4.48 Å². The van der Waals surface area contributed by atoms with Crippen LogP contribution in [-0.4, -0.2) is 62.2 Å². The van der Waals surface area contributed by atoms with Crippen LogP contribution in [0, 0.1) is 0 Å². The van der Waals surface area contributed by atoms with Gasteiger partial charge in [-0.2, -0.15) is 0 Å². The van der Waals surface area contributed by atoms with Crippen LogP contribution in [0.2, 0.25) is 0 Å². The van der Waals surface area contributed by atoms with Crippen LogP contribution < -0.4 is 0 Å². The number of quaternary nitrogens is 1. The third-order valence-corrected chi connectivity index (χ3v) is 4.02. The predicted molar refractivity (Wildman–Crippen MR) is 85.8 cm³/mol. The Kier molecular flexibility index (Phi) is 8.32. The minimum atomic E-state index is 0.866. The van der Waals surface area contributed by atoms with Gasteiger partial charge in [-0.25, -0.2) is 4.99 Å². The molecule has 0 radical (unpaired) electrons. The summed E-state index contributed by atoms with van der Waals surface area (Å²) in [7, 11) is 4.40. The van der Waals surface area contributed by atoms with E-state index in [0.717, 1.165) is 35.5 Å². The second-order valence-electron chi connectivity index (χ2n) is 5.21. The Morgan fingerprint density at radius 1 is 1.26 bits per heavy atom. The number of nitrogens with zero attached hydrogens (tertiary/aromatic N) is 4. The zero-order valence-corrected chi connectivity index (χ0v) is 13.6. The van der Waals surface area contributed by atoms with Crippen molar-refractivity contribution in [2.75, 3.05) is 40.3 Å². The molecule has 0 amide bonds. The van der Waals surface area contributed by atoms with E-state index in [9.17, 15) is 0 Å². The Morgan fingerprint density at radius 2 is 1.84 bits per heavy atom. The quantitative estimate of drug-likeness (QED) is 0.377. The van der Waals surface area contributed by atoms with E-state index in [0.29, 0.717) is 0 Å². The molecule has 0 saturated heterocycles. The minimum Gasteiger partial charge on any atom is -0.358 e. The van der Waals surface area contributed by atoms with Gasteiger partial charge in [0.05, 0.1) is 45.1 Å². The highest BCUT2D eigenvalue weighted by atomic mass is 15.3. The summed E-state index contributed by atoms with van der Waals surface area (Å²) in [5, 5.41) is 0. The second kappa shape index (κ2) is 8.86. The Balaban J connectivity index is 4.50. The average molecular weight is 267 g/mol. The van der Waals surface area contributed by atoms with E-state index in [1.165, 1.54) is 13.1 Å². The Bertz CT molecular complexity index is 327. The summed E-state index contributed by atoms with van der Waals surface area (Å²) in [5.74, 6) is 1.02. The SMILES string of the molecule is C=NC(=CN=C(C)N(C)CC[N+](C)(CC)CC)CC. The second-order valence-corrected chi connectivity index (χ2v) is 5.21. The van der Waals surface area contributed by atoms with Gasteiger partial charge in [-0.15, -0.1) is 0 Å². The molecule has 0 N–H and O–H groups in total. The first-order valence-corrected chi connectivity index (χ1v) is 7.17. The molecule has 0 aliphatic heterocycles. The molecule has 0 aliphatic rings. The van der Waals surface area contributed by atoms with Crippen molar-refractivity contribution in [2.45, 2.75) is 34.1 Å². The van der Waals surface area contributed by atoms with Crippen molar-refractivity contribution >= 4 is 12.6 Å². The fraction of sp³-hybridized carbons (Fsp3) is 0.733. The molecule has 0 fully saturated rings. The molecule has 0 atom stereocenters. The number of aliphatic imine (C=N–C) groups is 2. The topological polar surface area (TPSA) is 28.0 Å². The van der Waals surface area contributed by atoms with Gasteiger partial charge in [0.25, 0.3) is 0 Å². The first kappa shape index (κ1) is 17.8. The summed E-state index contributed by atoms with van der Waals surface area (Å²) in [6.45, 7) is 16.6. The number of rotatable bonds is 8. The summed E-state index contributed by atoms with van der Waals surface area (Å²) in [6.07, 6.45) is 2.68. The van der Waals surface area contributed by atoms with Crippen LogP contribution in [0.25, 0.3) is 0 Å². The number of likely N-dealkylation sites (N-methyl/N-ethyl adjacent to an activating group) is 2. The normalized spacial score (nSPS) is 13.6. The standard InChI is InChI=1S/C15H31N4/c1-8-15(16-5)13-17-14(4)18(6)11-12-19(7,9-2)10-3/h13H,5,8-12H2,1-4,6-7H3/q+1. The lowest BCUT2D eigenvalue weighted by molar-refractivity contribution is -0.905. The van der Waals surface area contributed by atoms with Crippen molar-refractivity contribution in [1.82, 2.24) is 4.90 Å². The lowest BCUT2D eigenvalue weighted by Crippen LogP contribution is -2.48. The number of hydrogen-bond donors (Lipinski definition) is 0. The molecule has 0 spiro atoms. The van der Waals surface area contributed by atoms with Crippen LogP contribution in [0.3, 0.4) is 0 Å². The molecule has 0 heterocycles. The smallest absolute Gasteiger partial charge is 0.101 e. The third kappa shape index (κ3) is 6.53. The molecule has 110 valence electrons. The fourth-order valence-corrected chi connectivity index (χ4v) is 1.60. The highest BCUT2D eigenvalue weighted by Gasteiger charge is 2.16. The first-order valence-electron chi connectivity index (χ1n) is 7.17. The van der Waals surface area contributed by atoms with Crippen molar-refractivity contribution in [3.8, 4) is 0 Å². The van der Waals surface area contributed by atoms with Crippen molar-refractivity contribution in [2.24, 2.45) is 9.98 Å². The van der Waals surface area contributed by atoms with E-state index in [2.05, 4.69) is 56.5 Å². The Hall–Kier alpha value is -1.16. The Morgan fingerprint density at radius 3 is 2.26 bits per heavy atom.